The highest BCUT2D eigenvalue weighted by Crippen LogP contribution is 2.30. The molecule has 0 saturated carbocycles. The number of nitrogens with two attached hydrogens (primary N) is 1. The van der Waals surface area contributed by atoms with Crippen molar-refractivity contribution < 1.29 is 13.9 Å². The van der Waals surface area contributed by atoms with Gasteiger partial charge in [0.15, 0.2) is 5.70 Å². The van der Waals surface area contributed by atoms with Gasteiger partial charge in [-0.3, -0.25) is 13.9 Å². The molecule has 4 rings (SSSR count). The molecule has 2 radical (unpaired) electrons. The zero-order chi connectivity index (χ0) is 20.2. The summed E-state index contributed by atoms with van der Waals surface area (Å²) in [7, 11) is 6.08. The fourth-order valence-corrected chi connectivity index (χ4v) is 4.45. The van der Waals surface area contributed by atoms with Gasteiger partial charge in [0, 0.05) is 33.2 Å². The topological polar surface area (TPSA) is 44.8 Å². The predicted octanol–water partition coefficient (Wildman–Crippen LogP) is 5.32. The molecule has 3 aromatic rings. The van der Waals surface area contributed by atoms with E-state index in [4.69, 9.17) is 13.7 Å². The van der Waals surface area contributed by atoms with Gasteiger partial charge < -0.3 is 10.7 Å². The highest BCUT2D eigenvalue weighted by molar-refractivity contribution is 7.16. The van der Waals surface area contributed by atoms with Gasteiger partial charge in [-0.05, 0) is 61.4 Å². The standard InChI is InChI=1S/C24H23BN3S.2FH/c1-17-16-19(27-24(17)21(13-14-26)22-8-5-15-28(22)25)9-10-20-11-12-23(29-20)18-6-3-2-4-7-18;;/h2-12,15-16,27H,13-14,26H2,1H3;2*1H/q+1;;/b10-9+;;. The number of aromatic amines is 1. The van der Waals surface area contributed by atoms with Crippen LogP contribution in [0.1, 0.15) is 28.2 Å². The largest absolute Gasteiger partial charge is 0.586 e. The Labute approximate surface area is 186 Å². The van der Waals surface area contributed by atoms with Gasteiger partial charge in [-0.15, -0.1) is 11.3 Å². The number of H-pyrrole nitrogens is 1. The van der Waals surface area contributed by atoms with E-state index in [-0.39, 0.29) is 9.41 Å². The fourth-order valence-electron chi connectivity index (χ4n) is 3.53. The van der Waals surface area contributed by atoms with Gasteiger partial charge in [0.05, 0.1) is 5.69 Å². The summed E-state index contributed by atoms with van der Waals surface area (Å²) >= 11 is 1.79. The van der Waals surface area contributed by atoms with Crippen molar-refractivity contribution in [1.29, 1.82) is 0 Å². The third-order valence-electron chi connectivity index (χ3n) is 4.93. The van der Waals surface area contributed by atoms with Crippen LogP contribution in [0, 0.1) is 6.92 Å². The Kier molecular flexibility index (Phi) is 8.48. The molecule has 0 atom stereocenters. The summed E-state index contributed by atoms with van der Waals surface area (Å²) in [4.78, 5) is 6.04. The summed E-state index contributed by atoms with van der Waals surface area (Å²) in [5.74, 6) is 0. The van der Waals surface area contributed by atoms with E-state index in [1.165, 1.54) is 20.9 Å². The van der Waals surface area contributed by atoms with Crippen molar-refractivity contribution in [3.8, 4) is 10.4 Å². The number of nitrogens with one attached hydrogen (secondary N) is 1. The summed E-state index contributed by atoms with van der Waals surface area (Å²) < 4.78 is 1.65. The van der Waals surface area contributed by atoms with E-state index < -0.39 is 0 Å². The molecule has 0 fully saturated rings. The second kappa shape index (κ2) is 10.8. The number of aryl methyl sites for hydroxylation is 1. The first-order valence-corrected chi connectivity index (χ1v) is 10.5. The van der Waals surface area contributed by atoms with E-state index in [9.17, 15) is 0 Å². The minimum Gasteiger partial charge on any atom is -0.355 e. The van der Waals surface area contributed by atoms with Gasteiger partial charge in [-0.1, -0.05) is 30.3 Å². The van der Waals surface area contributed by atoms with Crippen molar-refractivity contribution in [3.63, 3.8) is 0 Å². The Morgan fingerprint density at radius 1 is 1.13 bits per heavy atom. The summed E-state index contributed by atoms with van der Waals surface area (Å²) in [6.07, 6.45) is 10.9. The molecule has 0 aliphatic carbocycles. The van der Waals surface area contributed by atoms with E-state index in [1.807, 2.05) is 24.4 Å². The molecule has 0 saturated heterocycles. The van der Waals surface area contributed by atoms with Crippen molar-refractivity contribution in [3.05, 3.63) is 88.2 Å². The van der Waals surface area contributed by atoms with Crippen LogP contribution >= 0.6 is 11.3 Å². The first-order valence-electron chi connectivity index (χ1n) is 9.67. The number of thiophene rings is 1. The van der Waals surface area contributed by atoms with Crippen LogP contribution in [0.25, 0.3) is 28.2 Å². The molecule has 0 unspecified atom stereocenters. The molecule has 1 aromatic carbocycles. The molecule has 2 aromatic heterocycles. The van der Waals surface area contributed by atoms with E-state index in [2.05, 4.69) is 66.5 Å². The highest BCUT2D eigenvalue weighted by Gasteiger charge is 2.20. The third kappa shape index (κ3) is 5.37. The molecule has 0 spiro atoms. The lowest BCUT2D eigenvalue weighted by molar-refractivity contribution is -0.294. The van der Waals surface area contributed by atoms with Crippen LogP contribution in [-0.4, -0.2) is 30.2 Å². The number of nitrogens with zero attached hydrogens (tertiary/aromatic N) is 1. The molecule has 31 heavy (non-hydrogen) atoms. The first-order chi connectivity index (χ1) is 14.2. The van der Waals surface area contributed by atoms with Crippen LogP contribution < -0.4 is 5.73 Å². The summed E-state index contributed by atoms with van der Waals surface area (Å²) in [5, 5.41) is 0. The smallest absolute Gasteiger partial charge is 0.355 e. The Morgan fingerprint density at radius 2 is 1.90 bits per heavy atom. The van der Waals surface area contributed by atoms with Gasteiger partial charge in [0.1, 0.15) is 6.21 Å². The number of halogens is 2. The number of allylic oxidation sites excluding steroid dienone is 2. The van der Waals surface area contributed by atoms with Crippen molar-refractivity contribution in [2.45, 2.75) is 13.3 Å². The minimum absolute atomic E-state index is 0. The monoisotopic (exact) mass is 436 g/mol. The van der Waals surface area contributed by atoms with Gasteiger partial charge in [0.2, 0.25) is 0 Å². The number of hydrogen-bond acceptors (Lipinski definition) is 2. The molecule has 1 aliphatic rings. The Hall–Kier alpha value is -3.03. The molecule has 3 nitrogen and oxygen atoms in total. The maximum atomic E-state index is 6.08. The second-order valence-corrected chi connectivity index (χ2v) is 8.12. The molecular formula is C24H25BF2N3S+. The SMILES string of the molecule is F.F.[B][N+]1=CC=CC1=C(CCN)c1[nH]c(/C=C/c2ccc(-c3ccccc3)s2)cc1C. The molecule has 3 N–H and O–H groups in total. The normalized spacial score (nSPS) is 14.3. The summed E-state index contributed by atoms with van der Waals surface area (Å²) in [6, 6.07) is 17.0. The average molecular weight is 436 g/mol. The average Bonchev–Trinajstić information content (AvgIpc) is 3.46. The van der Waals surface area contributed by atoms with E-state index in [0.29, 0.717) is 6.54 Å². The van der Waals surface area contributed by atoms with Crippen LogP contribution in [0.3, 0.4) is 0 Å². The molecular weight excluding hydrogens is 411 g/mol. The van der Waals surface area contributed by atoms with Crippen molar-refractivity contribution in [2.24, 2.45) is 5.73 Å². The maximum Gasteiger partial charge on any atom is 0.586 e. The van der Waals surface area contributed by atoms with E-state index in [1.54, 1.807) is 15.8 Å². The Morgan fingerprint density at radius 3 is 2.58 bits per heavy atom. The number of benzene rings is 1. The third-order valence-corrected chi connectivity index (χ3v) is 6.03. The Bertz CT molecular complexity index is 1140. The van der Waals surface area contributed by atoms with E-state index in [0.717, 1.165) is 29.1 Å². The Balaban J connectivity index is 0.00000171. The van der Waals surface area contributed by atoms with Crippen LogP contribution in [-0.2, 0) is 0 Å². The molecule has 3 heterocycles. The molecule has 7 heteroatoms. The maximum absolute atomic E-state index is 6.08. The predicted molar refractivity (Wildman–Crippen MR) is 131 cm³/mol. The fraction of sp³-hybridized carbons (Fsp3) is 0.125. The zero-order valence-electron chi connectivity index (χ0n) is 17.2. The molecule has 0 amide bonds. The van der Waals surface area contributed by atoms with Crippen molar-refractivity contribution in [1.82, 2.24) is 4.98 Å². The highest BCUT2D eigenvalue weighted by atomic mass is 32.1. The number of hydrogen-bond donors (Lipinski definition) is 2. The summed E-state index contributed by atoms with van der Waals surface area (Å²) in [6.45, 7) is 2.68. The van der Waals surface area contributed by atoms with Crippen LogP contribution in [0.4, 0.5) is 9.41 Å². The van der Waals surface area contributed by atoms with Crippen molar-refractivity contribution >= 4 is 43.3 Å². The van der Waals surface area contributed by atoms with Crippen LogP contribution in [0.2, 0.25) is 0 Å². The summed E-state index contributed by atoms with van der Waals surface area (Å²) in [5.41, 5.74) is 12.6. The quantitative estimate of drug-likeness (QED) is 0.505. The lowest BCUT2D eigenvalue weighted by Gasteiger charge is -2.07. The lowest BCUT2D eigenvalue weighted by Crippen LogP contribution is -2.09. The van der Waals surface area contributed by atoms with Gasteiger partial charge in [-0.25, -0.2) is 0 Å². The number of rotatable bonds is 6. The number of aromatic nitrogens is 1. The molecule has 0 bridgehead atoms. The second-order valence-electron chi connectivity index (χ2n) is 7.00. The van der Waals surface area contributed by atoms with Crippen LogP contribution in [0.5, 0.6) is 0 Å². The van der Waals surface area contributed by atoms with Crippen LogP contribution in [0.15, 0.2) is 66.4 Å². The van der Waals surface area contributed by atoms with E-state index >= 15 is 0 Å². The van der Waals surface area contributed by atoms with Gasteiger partial charge in [0.25, 0.3) is 0 Å². The first kappa shape index (κ1) is 24.2. The minimum atomic E-state index is 0. The van der Waals surface area contributed by atoms with Gasteiger partial charge >= 0.3 is 7.98 Å². The molecule has 1 aliphatic heterocycles. The lowest BCUT2D eigenvalue weighted by atomic mass is 10.0. The van der Waals surface area contributed by atoms with Gasteiger partial charge in [-0.2, -0.15) is 0 Å². The molecule has 158 valence electrons. The van der Waals surface area contributed by atoms with Crippen molar-refractivity contribution in [2.75, 3.05) is 6.54 Å². The zero-order valence-corrected chi connectivity index (χ0v) is 18.1.